The number of nitrogens with one attached hydrogen (secondary N) is 2. The van der Waals surface area contributed by atoms with Crippen LogP contribution in [0.15, 0.2) is 30.3 Å². The molecule has 2 amide bonds. The molecule has 0 heterocycles. The van der Waals surface area contributed by atoms with Gasteiger partial charge in [-0.05, 0) is 45.4 Å². The van der Waals surface area contributed by atoms with Gasteiger partial charge in [0, 0.05) is 17.6 Å². The van der Waals surface area contributed by atoms with Crippen LogP contribution in [0, 0.1) is 0 Å². The van der Waals surface area contributed by atoms with Crippen LogP contribution >= 0.6 is 0 Å². The normalized spacial score (nSPS) is 19.5. The molecule has 1 aromatic rings. The first kappa shape index (κ1) is 19.9. The Labute approximate surface area is 153 Å². The average molecular weight is 361 g/mol. The van der Waals surface area contributed by atoms with Crippen molar-refractivity contribution in [2.75, 3.05) is 13.1 Å². The number of carboxylic acids is 1. The number of benzene rings is 1. The minimum absolute atomic E-state index is 0.00301. The van der Waals surface area contributed by atoms with Crippen molar-refractivity contribution in [3.63, 3.8) is 0 Å². The molecule has 26 heavy (non-hydrogen) atoms. The highest BCUT2D eigenvalue weighted by molar-refractivity contribution is 5.98. The van der Waals surface area contributed by atoms with Gasteiger partial charge >= 0.3 is 5.97 Å². The maximum absolute atomic E-state index is 12.5. The van der Waals surface area contributed by atoms with Crippen molar-refractivity contribution in [3.8, 4) is 0 Å². The van der Waals surface area contributed by atoms with Crippen LogP contribution in [-0.2, 0) is 9.59 Å². The second-order valence-electron chi connectivity index (χ2n) is 7.20. The van der Waals surface area contributed by atoms with Crippen LogP contribution in [0.25, 0.3) is 0 Å². The van der Waals surface area contributed by atoms with E-state index in [-0.39, 0.29) is 30.4 Å². The first-order valence-electron chi connectivity index (χ1n) is 8.87. The van der Waals surface area contributed by atoms with Gasteiger partial charge in [-0.25, -0.2) is 0 Å². The van der Waals surface area contributed by atoms with Gasteiger partial charge in [0.1, 0.15) is 5.54 Å². The number of rotatable bonds is 8. The summed E-state index contributed by atoms with van der Waals surface area (Å²) in [7, 11) is 0. The molecule has 3 N–H and O–H groups in total. The van der Waals surface area contributed by atoms with Crippen molar-refractivity contribution >= 4 is 17.8 Å². The molecule has 0 unspecified atom stereocenters. The number of carbonyl (C=O) groups excluding carboxylic acids is 2. The van der Waals surface area contributed by atoms with Gasteiger partial charge in [-0.2, -0.15) is 0 Å². The Morgan fingerprint density at radius 1 is 1.19 bits per heavy atom. The Morgan fingerprint density at radius 2 is 1.81 bits per heavy atom. The molecule has 1 aromatic carbocycles. The number of nitrogens with zero attached hydrogens (tertiary/aromatic N) is 1. The molecular formula is C19H27N3O4. The number of likely N-dealkylation sites (N-methyl/N-ethyl adjacent to an activating group) is 1. The third kappa shape index (κ3) is 5.05. The lowest BCUT2D eigenvalue weighted by Gasteiger charge is -2.43. The van der Waals surface area contributed by atoms with E-state index in [0.29, 0.717) is 12.1 Å². The van der Waals surface area contributed by atoms with Crippen molar-refractivity contribution in [1.82, 2.24) is 15.5 Å². The summed E-state index contributed by atoms with van der Waals surface area (Å²) in [5.41, 5.74) is -0.534. The van der Waals surface area contributed by atoms with Gasteiger partial charge in [0.25, 0.3) is 5.91 Å². The van der Waals surface area contributed by atoms with E-state index in [1.165, 1.54) is 0 Å². The second kappa shape index (κ2) is 8.31. The lowest BCUT2D eigenvalue weighted by Crippen LogP contribution is -2.61. The second-order valence-corrected chi connectivity index (χ2v) is 7.20. The maximum Gasteiger partial charge on any atom is 0.317 e. The third-order valence-electron chi connectivity index (χ3n) is 4.74. The summed E-state index contributed by atoms with van der Waals surface area (Å²) in [5.74, 6) is -1.38. The molecule has 0 atom stereocenters. The monoisotopic (exact) mass is 361 g/mol. The zero-order chi connectivity index (χ0) is 19.3. The highest BCUT2D eigenvalue weighted by Gasteiger charge is 2.38. The van der Waals surface area contributed by atoms with E-state index in [9.17, 15) is 14.4 Å². The summed E-state index contributed by atoms with van der Waals surface area (Å²) < 4.78 is 0. The van der Waals surface area contributed by atoms with Gasteiger partial charge in [0.05, 0.1) is 6.54 Å². The summed E-state index contributed by atoms with van der Waals surface area (Å²) in [4.78, 5) is 37.6. The number of hydrogen-bond donors (Lipinski definition) is 3. The van der Waals surface area contributed by atoms with Crippen LogP contribution in [0.3, 0.4) is 0 Å². The fourth-order valence-electron chi connectivity index (χ4n) is 3.04. The fourth-order valence-corrected chi connectivity index (χ4v) is 3.04. The molecule has 1 fully saturated rings. The molecule has 0 saturated heterocycles. The van der Waals surface area contributed by atoms with E-state index in [2.05, 4.69) is 10.6 Å². The summed E-state index contributed by atoms with van der Waals surface area (Å²) in [6.45, 7) is 5.94. The topological polar surface area (TPSA) is 98.7 Å². The Balaban J connectivity index is 1.84. The summed E-state index contributed by atoms with van der Waals surface area (Å²) in [5, 5.41) is 14.6. The number of hydrogen-bond acceptors (Lipinski definition) is 4. The molecule has 7 heteroatoms. The Kier molecular flexibility index (Phi) is 6.37. The van der Waals surface area contributed by atoms with Gasteiger partial charge in [0.15, 0.2) is 0 Å². The Morgan fingerprint density at radius 3 is 2.35 bits per heavy atom. The van der Waals surface area contributed by atoms with Gasteiger partial charge < -0.3 is 15.7 Å². The third-order valence-corrected chi connectivity index (χ3v) is 4.74. The number of amides is 2. The minimum Gasteiger partial charge on any atom is -0.480 e. The van der Waals surface area contributed by atoms with E-state index in [0.717, 1.165) is 12.8 Å². The predicted molar refractivity (Wildman–Crippen MR) is 97.8 cm³/mol. The fraction of sp³-hybridized carbons (Fsp3) is 0.526. The predicted octanol–water partition coefficient (Wildman–Crippen LogP) is 1.25. The van der Waals surface area contributed by atoms with Crippen molar-refractivity contribution in [3.05, 3.63) is 35.9 Å². The van der Waals surface area contributed by atoms with Crippen LogP contribution in [0.5, 0.6) is 0 Å². The van der Waals surface area contributed by atoms with Crippen LogP contribution in [0.4, 0.5) is 0 Å². The van der Waals surface area contributed by atoms with Gasteiger partial charge in [-0.1, -0.05) is 25.1 Å². The zero-order valence-corrected chi connectivity index (χ0v) is 15.5. The molecule has 1 saturated carbocycles. The number of carbonyl (C=O) groups is 3. The summed E-state index contributed by atoms with van der Waals surface area (Å²) in [6, 6.07) is 8.93. The smallest absolute Gasteiger partial charge is 0.317 e. The van der Waals surface area contributed by atoms with Crippen molar-refractivity contribution in [2.24, 2.45) is 0 Å². The zero-order valence-electron chi connectivity index (χ0n) is 15.5. The molecule has 1 aliphatic rings. The molecule has 2 rings (SSSR count). The van der Waals surface area contributed by atoms with Crippen LogP contribution in [-0.4, -0.2) is 58.5 Å². The average Bonchev–Trinajstić information content (AvgIpc) is 2.55. The van der Waals surface area contributed by atoms with Crippen molar-refractivity contribution in [1.29, 1.82) is 0 Å². The van der Waals surface area contributed by atoms with Gasteiger partial charge in [-0.15, -0.1) is 0 Å². The Bertz CT molecular complexity index is 654. The molecule has 0 spiro atoms. The van der Waals surface area contributed by atoms with Crippen LogP contribution in [0.2, 0.25) is 0 Å². The van der Waals surface area contributed by atoms with Crippen LogP contribution in [0.1, 0.15) is 44.0 Å². The number of carboxylic acid groups (broad SMARTS) is 1. The lowest BCUT2D eigenvalue weighted by atomic mass is 9.84. The lowest BCUT2D eigenvalue weighted by molar-refractivity contribution is -0.140. The van der Waals surface area contributed by atoms with E-state index < -0.39 is 11.5 Å². The summed E-state index contributed by atoms with van der Waals surface area (Å²) >= 11 is 0. The molecule has 0 aliphatic heterocycles. The summed E-state index contributed by atoms with van der Waals surface area (Å²) in [6.07, 6.45) is 1.44. The highest BCUT2D eigenvalue weighted by Crippen LogP contribution is 2.26. The highest BCUT2D eigenvalue weighted by atomic mass is 16.4. The molecular weight excluding hydrogens is 334 g/mol. The Hall–Kier alpha value is -2.41. The molecule has 142 valence electrons. The standard InChI is InChI=1S/C19H27N3O4/c1-4-22(12-16(23)24)15-10-14(11-15)20-18(26)19(2,3)21-17(25)13-8-6-5-7-9-13/h5-9,14-15H,4,10-12H2,1-3H3,(H,20,26)(H,21,25)(H,23,24). The largest absolute Gasteiger partial charge is 0.480 e. The molecule has 0 aromatic heterocycles. The van der Waals surface area contributed by atoms with E-state index in [1.807, 2.05) is 17.9 Å². The van der Waals surface area contributed by atoms with Crippen LogP contribution < -0.4 is 10.6 Å². The molecule has 0 bridgehead atoms. The molecule has 0 radical (unpaired) electrons. The molecule has 1 aliphatic carbocycles. The van der Waals surface area contributed by atoms with Gasteiger partial charge in [0.2, 0.25) is 5.91 Å². The van der Waals surface area contributed by atoms with Crippen molar-refractivity contribution < 1.29 is 19.5 Å². The number of aliphatic carboxylic acids is 1. The first-order chi connectivity index (χ1) is 12.2. The quantitative estimate of drug-likeness (QED) is 0.647. The SMILES string of the molecule is CCN(CC(=O)O)C1CC(NC(=O)C(C)(C)NC(=O)c2ccccc2)C1. The minimum atomic E-state index is -1.04. The van der Waals surface area contributed by atoms with Crippen molar-refractivity contribution in [2.45, 2.75) is 51.2 Å². The maximum atomic E-state index is 12.5. The first-order valence-corrected chi connectivity index (χ1v) is 8.87. The van der Waals surface area contributed by atoms with E-state index in [4.69, 9.17) is 5.11 Å². The van der Waals surface area contributed by atoms with Gasteiger partial charge in [-0.3, -0.25) is 19.3 Å². The van der Waals surface area contributed by atoms with E-state index in [1.54, 1.807) is 38.1 Å². The molecule has 7 nitrogen and oxygen atoms in total. The van der Waals surface area contributed by atoms with E-state index >= 15 is 0 Å².